The number of carbonyl (C=O) groups excluding carboxylic acids is 6. The number of methoxy groups -OCH3 is 1. The smallest absolute Gasteiger partial charge is 0.391 e. The number of thiazole rings is 1. The summed E-state index contributed by atoms with van der Waals surface area (Å²) in [5.74, 6) is -2.68. The number of nitrogens with zero attached hydrogens (tertiary/aromatic N) is 4. The van der Waals surface area contributed by atoms with Gasteiger partial charge in [-0.25, -0.2) is 9.97 Å². The van der Waals surface area contributed by atoms with E-state index < -0.39 is 42.0 Å². The highest BCUT2D eigenvalue weighted by molar-refractivity contribution is 7.20. The summed E-state index contributed by atoms with van der Waals surface area (Å²) in [6.07, 6.45) is 7.95. The van der Waals surface area contributed by atoms with Gasteiger partial charge in [0.15, 0.2) is 5.13 Å². The van der Waals surface area contributed by atoms with Crippen LogP contribution in [-0.2, 0) is 55.9 Å². The van der Waals surface area contributed by atoms with Gasteiger partial charge in [-0.2, -0.15) is 13.2 Å². The van der Waals surface area contributed by atoms with Gasteiger partial charge >= 0.3 is 6.18 Å². The minimum atomic E-state index is -4.17. The molecule has 2 aromatic heterocycles. The molecule has 3 unspecified atom stereocenters. The number of ether oxygens (including phenoxy) is 5. The molecule has 2 aliphatic carbocycles. The maximum atomic E-state index is 14.3. The van der Waals surface area contributed by atoms with Crippen molar-refractivity contribution < 1.29 is 65.6 Å². The van der Waals surface area contributed by atoms with E-state index in [-0.39, 0.29) is 91.9 Å². The van der Waals surface area contributed by atoms with Gasteiger partial charge < -0.3 is 54.8 Å². The lowest BCUT2D eigenvalue weighted by molar-refractivity contribution is -0.183. The molecular formula is C62H82F3N9O11S. The Balaban J connectivity index is 0.744. The summed E-state index contributed by atoms with van der Waals surface area (Å²) in [4.78, 5) is 92.7. The average Bonchev–Trinajstić information content (AvgIpc) is 3.87. The van der Waals surface area contributed by atoms with E-state index in [0.717, 1.165) is 60.1 Å². The molecule has 3 atom stereocenters. The molecule has 1 aliphatic heterocycles. The molecule has 7 rings (SSSR count). The maximum absolute atomic E-state index is 14.3. The van der Waals surface area contributed by atoms with Crippen LogP contribution in [0.15, 0.2) is 72.9 Å². The number of benzene rings is 2. The molecule has 86 heavy (non-hydrogen) atoms. The van der Waals surface area contributed by atoms with E-state index in [1.165, 1.54) is 13.3 Å². The zero-order valence-corrected chi connectivity index (χ0v) is 50.4. The Morgan fingerprint density at radius 2 is 1.50 bits per heavy atom. The number of carbonyl (C=O) groups is 6. The van der Waals surface area contributed by atoms with Crippen molar-refractivity contribution in [3.05, 3.63) is 95.3 Å². The molecule has 2 aromatic carbocycles. The van der Waals surface area contributed by atoms with Crippen molar-refractivity contribution in [2.75, 3.05) is 97.8 Å². The minimum absolute atomic E-state index is 0.00291. The Labute approximate surface area is 505 Å². The molecule has 20 nitrogen and oxygen atoms in total. The van der Waals surface area contributed by atoms with E-state index in [9.17, 15) is 41.9 Å². The third-order valence-electron chi connectivity index (χ3n) is 15.8. The van der Waals surface area contributed by atoms with Crippen LogP contribution in [0.3, 0.4) is 0 Å². The van der Waals surface area contributed by atoms with Crippen molar-refractivity contribution in [2.24, 2.45) is 17.8 Å². The van der Waals surface area contributed by atoms with Gasteiger partial charge in [-0.3, -0.25) is 34.1 Å². The van der Waals surface area contributed by atoms with Crippen LogP contribution in [0.1, 0.15) is 105 Å². The lowest BCUT2D eigenvalue weighted by Crippen LogP contribution is -2.57. The lowest BCUT2D eigenvalue weighted by Gasteiger charge is -2.35. The summed E-state index contributed by atoms with van der Waals surface area (Å²) in [7, 11) is 4.88. The van der Waals surface area contributed by atoms with Gasteiger partial charge in [0, 0.05) is 37.8 Å². The highest BCUT2D eigenvalue weighted by Crippen LogP contribution is 2.41. The number of allylic oxidation sites excluding steroid dienone is 1. The van der Waals surface area contributed by atoms with Crippen molar-refractivity contribution in [3.8, 4) is 17.0 Å². The molecular weight excluding hydrogens is 1140 g/mol. The molecule has 0 spiro atoms. The van der Waals surface area contributed by atoms with Crippen molar-refractivity contribution in [2.45, 2.75) is 115 Å². The predicted molar refractivity (Wildman–Crippen MR) is 320 cm³/mol. The number of hydrogen-bond acceptors (Lipinski definition) is 15. The van der Waals surface area contributed by atoms with Crippen LogP contribution in [-0.4, -0.2) is 167 Å². The Bertz CT molecular complexity index is 2880. The molecule has 3 fully saturated rings. The molecule has 2 saturated carbocycles. The van der Waals surface area contributed by atoms with E-state index in [2.05, 4.69) is 36.6 Å². The van der Waals surface area contributed by atoms with Crippen molar-refractivity contribution in [1.82, 2.24) is 35.7 Å². The lowest BCUT2D eigenvalue weighted by atomic mass is 9.81. The summed E-state index contributed by atoms with van der Waals surface area (Å²) in [5.41, 5.74) is 3.51. The van der Waals surface area contributed by atoms with Crippen molar-refractivity contribution in [3.63, 3.8) is 0 Å². The SMILES string of the molecule is CNC(C)C(=O)NC(C(=O)N1CCCC1C(=O)Nc1sc(NC(=O)COCCOCCOCCOCCN(C)C(=O)Cc2cccc(CNC(=O)c3cc(C=CC4CCC(C(F)(F)F)CC4)c(OC)cn3)c2)nc1-c1ccccc1)C1CCCCC1. The van der Waals surface area contributed by atoms with Gasteiger partial charge in [0.2, 0.25) is 23.6 Å². The standard InChI is InChI=1S/C62H82F3N9O11S/c1-41(66-2)56(77)70-55(46-17-9-6-10-18-46)60(80)74-26-12-19-50(74)58(79)72-59-54(45-15-7-5-8-16-45)71-61(86-59)69-52(75)40-85-34-33-84-32-31-83-30-29-82-28-27-73(3)53(76)36-43-13-11-14-44(35-43)38-68-57(78)49-37-47(51(81-4)39-67-49)23-20-42-21-24-48(25-22-42)62(63,64)65/h5,7-8,11,13-16,20,23,35,37,39,41-42,46,48,50,55,66H,6,9-10,12,17-19,21-22,24-34,36,38,40H2,1-4H3,(H,68,78)(H,70,77)(H,72,79)(H,69,71,75). The predicted octanol–water partition coefficient (Wildman–Crippen LogP) is 7.83. The first-order valence-corrected chi connectivity index (χ1v) is 30.5. The third-order valence-corrected chi connectivity index (χ3v) is 16.7. The van der Waals surface area contributed by atoms with E-state index in [1.54, 1.807) is 43.0 Å². The Morgan fingerprint density at radius 3 is 2.19 bits per heavy atom. The second-order valence-electron chi connectivity index (χ2n) is 21.9. The summed E-state index contributed by atoms with van der Waals surface area (Å²) in [6.45, 7) is 4.33. The van der Waals surface area contributed by atoms with Crippen LogP contribution in [0.2, 0.25) is 0 Å². The van der Waals surface area contributed by atoms with Crippen molar-refractivity contribution >= 4 is 63.0 Å². The number of amides is 6. The second-order valence-corrected chi connectivity index (χ2v) is 22.9. The van der Waals surface area contributed by atoms with Gasteiger partial charge in [-0.15, -0.1) is 0 Å². The number of alkyl halides is 3. The van der Waals surface area contributed by atoms with E-state index >= 15 is 0 Å². The zero-order valence-electron chi connectivity index (χ0n) is 49.6. The van der Waals surface area contributed by atoms with Gasteiger partial charge in [0.05, 0.1) is 77.9 Å². The molecule has 3 aliphatic rings. The van der Waals surface area contributed by atoms with E-state index in [4.69, 9.17) is 23.7 Å². The Morgan fingerprint density at radius 1 is 0.814 bits per heavy atom. The topological polar surface area (TPSA) is 241 Å². The molecule has 0 bridgehead atoms. The highest BCUT2D eigenvalue weighted by atomic mass is 32.1. The van der Waals surface area contributed by atoms with Crippen LogP contribution < -0.4 is 31.3 Å². The van der Waals surface area contributed by atoms with E-state index in [0.29, 0.717) is 93.8 Å². The number of likely N-dealkylation sites (N-methyl/N-ethyl adjacent to an activating group) is 2. The fourth-order valence-corrected chi connectivity index (χ4v) is 11.6. The van der Waals surface area contributed by atoms with Crippen LogP contribution in [0.5, 0.6) is 5.75 Å². The summed E-state index contributed by atoms with van der Waals surface area (Å²) in [5, 5.41) is 15.3. The van der Waals surface area contributed by atoms with Crippen LogP contribution in [0.4, 0.5) is 23.3 Å². The monoisotopic (exact) mass is 1220 g/mol. The van der Waals surface area contributed by atoms with E-state index in [1.807, 2.05) is 60.7 Å². The number of anilines is 2. The molecule has 4 aromatic rings. The Hall–Kier alpha value is -6.83. The molecule has 0 radical (unpaired) electrons. The largest absolute Gasteiger partial charge is 0.495 e. The maximum Gasteiger partial charge on any atom is 0.391 e. The summed E-state index contributed by atoms with van der Waals surface area (Å²) < 4.78 is 67.3. The molecule has 3 heterocycles. The molecule has 1 saturated heterocycles. The van der Waals surface area contributed by atoms with Crippen molar-refractivity contribution in [1.29, 1.82) is 0 Å². The quantitative estimate of drug-likeness (QED) is 0.0302. The first-order chi connectivity index (χ1) is 41.5. The highest BCUT2D eigenvalue weighted by Gasteiger charge is 2.42. The molecule has 468 valence electrons. The second kappa shape index (κ2) is 33.9. The molecule has 5 N–H and O–H groups in total. The number of likely N-dealkylation sites (tertiary alicyclic amines) is 1. The number of halogens is 3. The van der Waals surface area contributed by atoms with Gasteiger partial charge in [-0.1, -0.05) is 97.3 Å². The van der Waals surface area contributed by atoms with Crippen LogP contribution in [0, 0.1) is 17.8 Å². The average molecular weight is 1220 g/mol. The zero-order chi connectivity index (χ0) is 61.4. The first-order valence-electron chi connectivity index (χ1n) is 29.7. The normalized spacial score (nSPS) is 18.1. The number of pyridine rings is 1. The fraction of sp³-hybridized carbons (Fsp3) is 0.548. The van der Waals surface area contributed by atoms with Crippen LogP contribution in [0.25, 0.3) is 17.3 Å². The minimum Gasteiger partial charge on any atom is -0.495 e. The molecule has 24 heteroatoms. The van der Waals surface area contributed by atoms with Gasteiger partial charge in [0.1, 0.15) is 40.8 Å². The molecule has 6 amide bonds. The number of hydrogen-bond donors (Lipinski definition) is 5. The number of aromatic nitrogens is 2. The van der Waals surface area contributed by atoms with Gasteiger partial charge in [-0.05, 0) is 94.4 Å². The third kappa shape index (κ3) is 20.4. The fourth-order valence-electron chi connectivity index (χ4n) is 10.7. The van der Waals surface area contributed by atoms with Gasteiger partial charge in [0.25, 0.3) is 11.8 Å². The summed E-state index contributed by atoms with van der Waals surface area (Å²) in [6, 6.07) is 16.3. The number of rotatable bonds is 31. The first kappa shape index (κ1) is 66.7. The number of nitrogens with one attached hydrogen (secondary N) is 5. The summed E-state index contributed by atoms with van der Waals surface area (Å²) >= 11 is 1.10. The van der Waals surface area contributed by atoms with Crippen LogP contribution >= 0.6 is 11.3 Å². The Kier molecular flexibility index (Phi) is 26.3.